The fraction of sp³-hybridized carbons (Fsp3) is 0.307. The number of fused-ring (bicyclic) bond motifs is 10. The van der Waals surface area contributed by atoms with E-state index in [1.165, 1.54) is 43.8 Å². The van der Waals surface area contributed by atoms with Crippen molar-refractivity contribution in [2.24, 2.45) is 0 Å². The van der Waals surface area contributed by atoms with Crippen molar-refractivity contribution in [3.05, 3.63) is 208 Å². The number of aryl methyl sites for hydroxylation is 4. The molecule has 0 bridgehead atoms. The van der Waals surface area contributed by atoms with E-state index >= 15 is 0 Å². The number of rotatable bonds is 12. The summed E-state index contributed by atoms with van der Waals surface area (Å²) in [7, 11) is 0. The number of H-pyrrole nitrogens is 2. The molecule has 0 unspecified atom stereocenters. The summed E-state index contributed by atoms with van der Waals surface area (Å²) in [4.78, 5) is 88.7. The molecule has 462 valence electrons. The van der Waals surface area contributed by atoms with Crippen LogP contribution < -0.4 is 16.8 Å². The van der Waals surface area contributed by atoms with Crippen LogP contribution in [0.1, 0.15) is 103 Å². The first-order valence-electron chi connectivity index (χ1n) is 31.4. The number of nitrogens with two attached hydrogens (primary N) is 2. The van der Waals surface area contributed by atoms with Crippen LogP contribution in [-0.2, 0) is 80.1 Å². The molecule has 90 heavy (non-hydrogen) atoms. The van der Waals surface area contributed by atoms with Crippen LogP contribution in [0.25, 0.3) is 44.3 Å². The molecule has 15 heteroatoms. The second kappa shape index (κ2) is 27.7. The minimum absolute atomic E-state index is 0. The van der Waals surface area contributed by atoms with E-state index in [9.17, 15) is 28.8 Å². The number of amides is 4. The Labute approximate surface area is 525 Å². The summed E-state index contributed by atoms with van der Waals surface area (Å²) in [5.41, 5.74) is 30.1. The minimum atomic E-state index is -0.899. The SMILES string of the molecule is C.Nc1ccc2c(c1)CCCc1c-2[nH]c2ccc(N)cc12.O=C(Cc1ccc2[nH]c3c(c2c1)CCCc1cc(NC(=O)[C@@H]2CCCN2C(=O)Cc2ccccc2)ccc1-3)[C@@H]1CCCN1C(=O)Cc1ccccc1.O=C(O)[C@@H]1CCCN1C(=O)Cc1ccccc1. The second-order valence-electron chi connectivity index (χ2n) is 24.3. The zero-order valence-corrected chi connectivity index (χ0v) is 50.1. The van der Waals surface area contributed by atoms with Crippen LogP contribution in [0.3, 0.4) is 0 Å². The van der Waals surface area contributed by atoms with Gasteiger partial charge in [0.2, 0.25) is 23.6 Å². The van der Waals surface area contributed by atoms with Crippen molar-refractivity contribution in [3.8, 4) is 22.5 Å². The molecule has 3 saturated heterocycles. The van der Waals surface area contributed by atoms with Gasteiger partial charge in [-0.15, -0.1) is 0 Å². The van der Waals surface area contributed by atoms with Crippen molar-refractivity contribution < 1.29 is 33.9 Å². The summed E-state index contributed by atoms with van der Waals surface area (Å²) in [6, 6.07) is 52.0. The van der Waals surface area contributed by atoms with Gasteiger partial charge in [0.25, 0.3) is 0 Å². The lowest BCUT2D eigenvalue weighted by Crippen LogP contribution is -2.43. The Hall–Kier alpha value is -9.76. The largest absolute Gasteiger partial charge is 0.480 e. The summed E-state index contributed by atoms with van der Waals surface area (Å²) in [6.45, 7) is 1.79. The molecule has 7 aromatic carbocycles. The number of benzene rings is 7. The minimum Gasteiger partial charge on any atom is -0.480 e. The Bertz CT molecular complexity index is 4100. The van der Waals surface area contributed by atoms with Crippen LogP contribution in [0.5, 0.6) is 0 Å². The van der Waals surface area contributed by atoms with Crippen LogP contribution in [-0.4, -0.2) is 103 Å². The summed E-state index contributed by atoms with van der Waals surface area (Å²) in [6.07, 6.45) is 11.6. The van der Waals surface area contributed by atoms with Gasteiger partial charge in [0.1, 0.15) is 12.1 Å². The predicted molar refractivity (Wildman–Crippen MR) is 357 cm³/mol. The number of aliphatic carboxylic acids is 1. The maximum atomic E-state index is 13.6. The van der Waals surface area contributed by atoms with Gasteiger partial charge in [0, 0.05) is 87.4 Å². The highest BCUT2D eigenvalue weighted by Crippen LogP contribution is 2.40. The van der Waals surface area contributed by atoms with Crippen molar-refractivity contribution in [2.45, 2.75) is 128 Å². The number of aromatic nitrogens is 2. The number of hydrogen-bond donors (Lipinski definition) is 6. The molecule has 4 amide bonds. The molecule has 2 aliphatic carbocycles. The number of carbonyl (C=O) groups is 6. The zero-order valence-electron chi connectivity index (χ0n) is 50.1. The Morgan fingerprint density at radius 1 is 0.456 bits per heavy atom. The van der Waals surface area contributed by atoms with E-state index in [1.807, 2.05) is 115 Å². The summed E-state index contributed by atoms with van der Waals surface area (Å²) in [5.74, 6) is -1.03. The molecule has 3 atom stereocenters. The van der Waals surface area contributed by atoms with Crippen molar-refractivity contribution in [2.75, 3.05) is 36.4 Å². The molecule has 2 aromatic heterocycles. The highest BCUT2D eigenvalue weighted by molar-refractivity contribution is 5.99. The molecular weight excluding hydrogens is 1120 g/mol. The quantitative estimate of drug-likeness (QED) is 0.0639. The molecule has 9 aromatic rings. The van der Waals surface area contributed by atoms with E-state index in [-0.39, 0.29) is 49.3 Å². The highest BCUT2D eigenvalue weighted by Gasteiger charge is 2.37. The van der Waals surface area contributed by atoms with E-state index in [1.54, 1.807) is 9.80 Å². The van der Waals surface area contributed by atoms with E-state index in [4.69, 9.17) is 16.6 Å². The maximum absolute atomic E-state index is 13.6. The van der Waals surface area contributed by atoms with E-state index in [0.717, 1.165) is 125 Å². The Morgan fingerprint density at radius 3 is 1.44 bits per heavy atom. The average molecular weight is 1210 g/mol. The van der Waals surface area contributed by atoms with Crippen molar-refractivity contribution in [1.82, 2.24) is 24.7 Å². The smallest absolute Gasteiger partial charge is 0.326 e. The normalized spacial score (nSPS) is 17.2. The first kappa shape index (κ1) is 61.9. The number of anilines is 3. The zero-order chi connectivity index (χ0) is 61.5. The maximum Gasteiger partial charge on any atom is 0.326 e. The number of hydrogen-bond acceptors (Lipinski definition) is 8. The van der Waals surface area contributed by atoms with Crippen molar-refractivity contribution in [1.29, 1.82) is 0 Å². The molecular formula is C75H80N8O7. The van der Waals surface area contributed by atoms with Gasteiger partial charge in [0.15, 0.2) is 5.78 Å². The van der Waals surface area contributed by atoms with Crippen LogP contribution in [0, 0.1) is 0 Å². The van der Waals surface area contributed by atoms with Crippen LogP contribution in [0.4, 0.5) is 17.1 Å². The van der Waals surface area contributed by atoms with Gasteiger partial charge in [-0.3, -0.25) is 24.0 Å². The van der Waals surface area contributed by atoms with Gasteiger partial charge in [0.05, 0.1) is 25.3 Å². The van der Waals surface area contributed by atoms with Crippen LogP contribution in [0.2, 0.25) is 0 Å². The lowest BCUT2D eigenvalue weighted by Gasteiger charge is -2.24. The summed E-state index contributed by atoms with van der Waals surface area (Å²) >= 11 is 0. The van der Waals surface area contributed by atoms with Gasteiger partial charge in [-0.05, 0) is 176 Å². The molecule has 3 aliphatic heterocycles. The van der Waals surface area contributed by atoms with Crippen molar-refractivity contribution in [3.63, 3.8) is 0 Å². The first-order valence-corrected chi connectivity index (χ1v) is 31.4. The van der Waals surface area contributed by atoms with Crippen LogP contribution >= 0.6 is 0 Å². The first-order chi connectivity index (χ1) is 43.3. The molecule has 3 fully saturated rings. The van der Waals surface area contributed by atoms with Gasteiger partial charge < -0.3 is 46.6 Å². The number of nitrogen functional groups attached to an aromatic ring is 2. The predicted octanol–water partition coefficient (Wildman–Crippen LogP) is 12.3. The molecule has 5 aliphatic rings. The number of nitrogens with one attached hydrogen (secondary N) is 3. The second-order valence-corrected chi connectivity index (χ2v) is 24.3. The molecule has 14 rings (SSSR count). The lowest BCUT2D eigenvalue weighted by molar-refractivity contribution is -0.148. The van der Waals surface area contributed by atoms with E-state index in [2.05, 4.69) is 63.8 Å². The number of likely N-dealkylation sites (tertiary alicyclic amines) is 3. The fourth-order valence-electron chi connectivity index (χ4n) is 14.0. The van der Waals surface area contributed by atoms with E-state index in [0.29, 0.717) is 58.2 Å². The molecule has 0 saturated carbocycles. The van der Waals surface area contributed by atoms with Gasteiger partial charge in [-0.1, -0.05) is 117 Å². The van der Waals surface area contributed by atoms with Crippen LogP contribution in [0.15, 0.2) is 164 Å². The molecule has 15 nitrogen and oxygen atoms in total. The van der Waals surface area contributed by atoms with Crippen molar-refractivity contribution >= 4 is 74.2 Å². The number of nitrogens with zero attached hydrogens (tertiary/aromatic N) is 3. The lowest BCUT2D eigenvalue weighted by atomic mass is 9.98. The standard InChI is InChI=1S/C44H44N4O4.C17H17N3.C13H15NO3.CH4/c49-40(38-16-8-22-47(38)41(50)26-29-10-3-1-4-11-29)25-31-18-21-37-36(24-31)35-15-7-14-32-28-33(19-20-34(32)43(35)46-37)45-44(52)39-17-9-23-48(39)42(51)27-30-12-5-2-6-13-30;18-11-4-6-13-10(8-11)2-1-3-14-15-9-12(19)5-7-16(15)20-17(13)14;15-12(9-10-5-2-1-3-6-10)14-8-4-7-11(14)13(16)17;/h1-6,10-13,18-21,24,28,38-39,46H,7-9,14-17,22-23,25-27H2,(H,45,52);4-9,20H,1-3,18-19H2;1-3,5-6,11H,4,7-9H2,(H,16,17);1H4/t38-,39-;;11-;/m0.0./s1. The van der Waals surface area contributed by atoms with Gasteiger partial charge in [-0.2, -0.15) is 0 Å². The van der Waals surface area contributed by atoms with E-state index < -0.39 is 18.1 Å². The third-order valence-corrected chi connectivity index (χ3v) is 18.3. The number of Topliss-reactive ketones (excluding diaryl/α,β-unsaturated/α-hetero) is 1. The third kappa shape index (κ3) is 13.8. The number of carboxylic acid groups (broad SMARTS) is 1. The topological polar surface area (TPSA) is 228 Å². The molecule has 0 radical (unpaired) electrons. The molecule has 8 N–H and O–H groups in total. The van der Waals surface area contributed by atoms with Gasteiger partial charge in [-0.25, -0.2) is 4.79 Å². The number of carbonyl (C=O) groups excluding carboxylic acids is 5. The molecule has 5 heterocycles. The number of aromatic amines is 2. The average Bonchev–Trinajstić information content (AvgIpc) is 2.78. The van der Waals surface area contributed by atoms with Gasteiger partial charge >= 0.3 is 5.97 Å². The monoisotopic (exact) mass is 1200 g/mol. The number of ketones is 1. The third-order valence-electron chi connectivity index (χ3n) is 18.3. The Morgan fingerprint density at radius 2 is 0.900 bits per heavy atom. The summed E-state index contributed by atoms with van der Waals surface area (Å²) in [5, 5.41) is 14.5. The highest BCUT2D eigenvalue weighted by atomic mass is 16.4. The fourth-order valence-corrected chi connectivity index (χ4v) is 14.0. The Balaban J connectivity index is 0.000000177. The number of carboxylic acids is 1. The Kier molecular flexibility index (Phi) is 19.1. The summed E-state index contributed by atoms with van der Waals surface area (Å²) < 4.78 is 0. The molecule has 0 spiro atoms.